The third kappa shape index (κ3) is 2.03. The van der Waals surface area contributed by atoms with Crippen molar-refractivity contribution in [1.29, 1.82) is 0 Å². The molecule has 1 aliphatic rings. The van der Waals surface area contributed by atoms with Crippen LogP contribution in [0.25, 0.3) is 54.9 Å². The van der Waals surface area contributed by atoms with Crippen LogP contribution < -0.4 is 0 Å². The average molecular weight is 407 g/mol. The van der Waals surface area contributed by atoms with Crippen molar-refractivity contribution >= 4 is 37.5 Å². The number of benzene rings is 5. The standard InChI is InChI=1S/C26H15Br/c27-25-15-14-19(16-6-3-4-9-21(16)25)20-12-13-24-18-8-2-1-7-17(18)22-10-5-11-23(20)26(22)24/h1-15H. The van der Waals surface area contributed by atoms with Gasteiger partial charge in [0.15, 0.2) is 0 Å². The van der Waals surface area contributed by atoms with Crippen molar-refractivity contribution in [3.05, 3.63) is 95.5 Å². The van der Waals surface area contributed by atoms with Crippen molar-refractivity contribution in [3.63, 3.8) is 0 Å². The summed E-state index contributed by atoms with van der Waals surface area (Å²) in [5.74, 6) is 0. The van der Waals surface area contributed by atoms with Gasteiger partial charge in [-0.3, -0.25) is 0 Å². The van der Waals surface area contributed by atoms with E-state index in [0.29, 0.717) is 0 Å². The molecule has 0 heterocycles. The molecule has 1 heteroatoms. The fourth-order valence-corrected chi connectivity index (χ4v) is 5.02. The van der Waals surface area contributed by atoms with Gasteiger partial charge < -0.3 is 0 Å². The van der Waals surface area contributed by atoms with E-state index in [1.165, 1.54) is 54.9 Å². The summed E-state index contributed by atoms with van der Waals surface area (Å²) in [5.41, 5.74) is 7.97. The first-order chi connectivity index (χ1) is 13.3. The van der Waals surface area contributed by atoms with Crippen molar-refractivity contribution in [2.75, 3.05) is 0 Å². The van der Waals surface area contributed by atoms with Crippen LogP contribution >= 0.6 is 15.9 Å². The quantitative estimate of drug-likeness (QED) is 0.259. The van der Waals surface area contributed by atoms with Crippen molar-refractivity contribution in [2.45, 2.75) is 0 Å². The van der Waals surface area contributed by atoms with Crippen LogP contribution in [0.5, 0.6) is 0 Å². The first-order valence-electron chi connectivity index (χ1n) is 9.16. The lowest BCUT2D eigenvalue weighted by molar-refractivity contribution is 1.67. The summed E-state index contributed by atoms with van der Waals surface area (Å²) in [6.45, 7) is 0. The van der Waals surface area contributed by atoms with Gasteiger partial charge in [0.25, 0.3) is 0 Å². The molecule has 0 N–H and O–H groups in total. The van der Waals surface area contributed by atoms with Gasteiger partial charge in [-0.15, -0.1) is 0 Å². The van der Waals surface area contributed by atoms with E-state index < -0.39 is 0 Å². The van der Waals surface area contributed by atoms with Crippen LogP contribution in [0.3, 0.4) is 0 Å². The maximum Gasteiger partial charge on any atom is 0.0254 e. The highest BCUT2D eigenvalue weighted by atomic mass is 79.9. The summed E-state index contributed by atoms with van der Waals surface area (Å²) in [5, 5.41) is 5.24. The normalized spacial score (nSPS) is 11.9. The molecule has 0 amide bonds. The summed E-state index contributed by atoms with van der Waals surface area (Å²) in [6.07, 6.45) is 0. The molecule has 0 unspecified atom stereocenters. The monoisotopic (exact) mass is 406 g/mol. The van der Waals surface area contributed by atoms with Gasteiger partial charge in [-0.05, 0) is 61.0 Å². The average Bonchev–Trinajstić information content (AvgIpc) is 3.05. The fraction of sp³-hybridized carbons (Fsp3) is 0. The second-order valence-electron chi connectivity index (χ2n) is 7.07. The highest BCUT2D eigenvalue weighted by Gasteiger charge is 2.22. The molecule has 1 aliphatic carbocycles. The zero-order valence-corrected chi connectivity index (χ0v) is 16.1. The topological polar surface area (TPSA) is 0 Å². The van der Waals surface area contributed by atoms with Crippen molar-refractivity contribution in [2.24, 2.45) is 0 Å². The molecule has 0 atom stereocenters. The van der Waals surface area contributed by atoms with Crippen LogP contribution in [-0.4, -0.2) is 0 Å². The van der Waals surface area contributed by atoms with E-state index in [2.05, 4.69) is 107 Å². The molecule has 0 spiro atoms. The molecule has 126 valence electrons. The Morgan fingerprint density at radius 2 is 0.889 bits per heavy atom. The van der Waals surface area contributed by atoms with Crippen LogP contribution in [0.4, 0.5) is 0 Å². The fourth-order valence-electron chi connectivity index (χ4n) is 4.54. The van der Waals surface area contributed by atoms with Crippen LogP contribution in [-0.2, 0) is 0 Å². The highest BCUT2D eigenvalue weighted by molar-refractivity contribution is 9.10. The number of rotatable bonds is 1. The molecule has 0 nitrogen and oxygen atoms in total. The lowest BCUT2D eigenvalue weighted by Gasteiger charge is -2.13. The number of halogens is 1. The van der Waals surface area contributed by atoms with Crippen molar-refractivity contribution < 1.29 is 0 Å². The first-order valence-corrected chi connectivity index (χ1v) is 9.95. The Hall–Kier alpha value is -2.90. The molecule has 5 aromatic carbocycles. The van der Waals surface area contributed by atoms with Crippen LogP contribution in [0.15, 0.2) is 95.5 Å². The SMILES string of the molecule is Brc1ccc(-c2ccc3c4c(cccc24)-c2ccccc2-3)c2ccccc12. The van der Waals surface area contributed by atoms with Gasteiger partial charge in [-0.25, -0.2) is 0 Å². The lowest BCUT2D eigenvalue weighted by atomic mass is 9.91. The Bertz CT molecular complexity index is 1350. The molecule has 0 saturated heterocycles. The van der Waals surface area contributed by atoms with E-state index in [-0.39, 0.29) is 0 Å². The second-order valence-corrected chi connectivity index (χ2v) is 7.93. The number of hydrogen-bond acceptors (Lipinski definition) is 0. The van der Waals surface area contributed by atoms with Gasteiger partial charge in [-0.2, -0.15) is 0 Å². The molecule has 0 aromatic heterocycles. The minimum absolute atomic E-state index is 1.14. The Kier molecular flexibility index (Phi) is 3.12. The second kappa shape index (κ2) is 5.55. The summed E-state index contributed by atoms with van der Waals surface area (Å²) in [6, 6.07) is 33.0. The van der Waals surface area contributed by atoms with Gasteiger partial charge in [0.05, 0.1) is 0 Å². The molecule has 0 saturated carbocycles. The zero-order valence-electron chi connectivity index (χ0n) is 14.5. The predicted octanol–water partition coefficient (Wildman–Crippen LogP) is 8.07. The van der Waals surface area contributed by atoms with Gasteiger partial charge in [-0.1, -0.05) is 101 Å². The van der Waals surface area contributed by atoms with Crippen LogP contribution in [0.1, 0.15) is 0 Å². The van der Waals surface area contributed by atoms with Crippen LogP contribution in [0, 0.1) is 0 Å². The molecule has 0 fully saturated rings. The minimum Gasteiger partial charge on any atom is -0.0616 e. The minimum atomic E-state index is 1.14. The van der Waals surface area contributed by atoms with Crippen LogP contribution in [0.2, 0.25) is 0 Å². The third-order valence-electron chi connectivity index (χ3n) is 5.71. The van der Waals surface area contributed by atoms with E-state index >= 15 is 0 Å². The predicted molar refractivity (Wildman–Crippen MR) is 119 cm³/mol. The van der Waals surface area contributed by atoms with Crippen molar-refractivity contribution in [3.8, 4) is 33.4 Å². The van der Waals surface area contributed by atoms with E-state index in [4.69, 9.17) is 0 Å². The van der Waals surface area contributed by atoms with Gasteiger partial charge in [0, 0.05) is 4.47 Å². The van der Waals surface area contributed by atoms with Gasteiger partial charge in [0.2, 0.25) is 0 Å². The van der Waals surface area contributed by atoms with E-state index in [1.807, 2.05) is 0 Å². The zero-order chi connectivity index (χ0) is 18.0. The molecule has 0 aliphatic heterocycles. The molecule has 5 aromatic rings. The van der Waals surface area contributed by atoms with Crippen molar-refractivity contribution in [1.82, 2.24) is 0 Å². The van der Waals surface area contributed by atoms with Gasteiger partial charge >= 0.3 is 0 Å². The third-order valence-corrected chi connectivity index (χ3v) is 6.40. The first kappa shape index (κ1) is 15.2. The maximum atomic E-state index is 3.71. The molecule has 0 bridgehead atoms. The molecule has 0 radical (unpaired) electrons. The number of fused-ring (bicyclic) bond motifs is 4. The van der Waals surface area contributed by atoms with Gasteiger partial charge in [0.1, 0.15) is 0 Å². The largest absolute Gasteiger partial charge is 0.0616 e. The summed E-state index contributed by atoms with van der Waals surface area (Å²) >= 11 is 3.71. The Morgan fingerprint density at radius 1 is 0.370 bits per heavy atom. The molecular weight excluding hydrogens is 392 g/mol. The molecule has 6 rings (SSSR count). The Balaban J connectivity index is 1.74. The van der Waals surface area contributed by atoms with E-state index in [0.717, 1.165) is 4.47 Å². The summed E-state index contributed by atoms with van der Waals surface area (Å²) in [7, 11) is 0. The number of hydrogen-bond donors (Lipinski definition) is 0. The maximum absolute atomic E-state index is 3.71. The highest BCUT2D eigenvalue weighted by Crippen LogP contribution is 2.49. The summed E-state index contributed by atoms with van der Waals surface area (Å²) < 4.78 is 1.14. The smallest absolute Gasteiger partial charge is 0.0254 e. The Labute approximate surface area is 166 Å². The molecular formula is C26H15Br. The van der Waals surface area contributed by atoms with E-state index in [1.54, 1.807) is 0 Å². The Morgan fingerprint density at radius 3 is 1.70 bits per heavy atom. The lowest BCUT2D eigenvalue weighted by Crippen LogP contribution is -1.86. The van der Waals surface area contributed by atoms with E-state index in [9.17, 15) is 0 Å². The molecule has 27 heavy (non-hydrogen) atoms. The summed E-state index contributed by atoms with van der Waals surface area (Å²) in [4.78, 5) is 0.